The lowest BCUT2D eigenvalue weighted by Gasteiger charge is -2.15. The van der Waals surface area contributed by atoms with Crippen molar-refractivity contribution < 1.29 is 4.74 Å². The van der Waals surface area contributed by atoms with Crippen LogP contribution in [0.15, 0.2) is 12.2 Å². The first-order valence-electron chi connectivity index (χ1n) is 5.10. The van der Waals surface area contributed by atoms with E-state index in [0.717, 1.165) is 32.5 Å². The van der Waals surface area contributed by atoms with Crippen molar-refractivity contribution in [3.05, 3.63) is 12.2 Å². The molecule has 0 bridgehead atoms. The summed E-state index contributed by atoms with van der Waals surface area (Å²) in [6, 6.07) is 0.475. The van der Waals surface area contributed by atoms with Gasteiger partial charge in [-0.2, -0.15) is 0 Å². The third-order valence-electron chi connectivity index (χ3n) is 2.00. The second kappa shape index (κ2) is 8.27. The van der Waals surface area contributed by atoms with Crippen LogP contribution in [0, 0.1) is 0 Å². The average Bonchev–Trinajstić information content (AvgIpc) is 2.10. The fourth-order valence-electron chi connectivity index (χ4n) is 1.10. The van der Waals surface area contributed by atoms with Gasteiger partial charge >= 0.3 is 0 Å². The molecule has 0 rings (SSSR count). The molecule has 13 heavy (non-hydrogen) atoms. The Morgan fingerprint density at radius 1 is 1.54 bits per heavy atom. The number of allylic oxidation sites excluding steroid dienone is 1. The molecule has 1 N–H and O–H groups in total. The summed E-state index contributed by atoms with van der Waals surface area (Å²) < 4.78 is 5.48. The van der Waals surface area contributed by atoms with E-state index in [9.17, 15) is 0 Å². The number of likely N-dealkylation sites (N-methyl/N-ethyl adjacent to an activating group) is 1. The van der Waals surface area contributed by atoms with Gasteiger partial charge in [0, 0.05) is 12.6 Å². The first-order chi connectivity index (χ1) is 6.20. The van der Waals surface area contributed by atoms with E-state index in [1.54, 1.807) is 0 Å². The van der Waals surface area contributed by atoms with Crippen LogP contribution in [-0.2, 0) is 4.74 Å². The number of hydrogen-bond donors (Lipinski definition) is 1. The summed E-state index contributed by atoms with van der Waals surface area (Å²) in [6.45, 7) is 9.77. The third kappa shape index (κ3) is 8.00. The van der Waals surface area contributed by atoms with E-state index in [-0.39, 0.29) is 0 Å². The lowest BCUT2D eigenvalue weighted by atomic mass is 10.1. The fourth-order valence-corrected chi connectivity index (χ4v) is 1.10. The minimum absolute atomic E-state index is 0.475. The maximum atomic E-state index is 5.48. The van der Waals surface area contributed by atoms with Crippen molar-refractivity contribution in [3.63, 3.8) is 0 Å². The molecule has 0 spiro atoms. The summed E-state index contributed by atoms with van der Waals surface area (Å²) in [6.07, 6.45) is 3.30. The molecule has 0 aromatic heterocycles. The summed E-state index contributed by atoms with van der Waals surface area (Å²) >= 11 is 0. The smallest absolute Gasteiger partial charge is 0.0619 e. The van der Waals surface area contributed by atoms with Crippen molar-refractivity contribution in [2.75, 3.05) is 20.3 Å². The second-order valence-corrected chi connectivity index (χ2v) is 3.56. The highest BCUT2D eigenvalue weighted by atomic mass is 16.5. The van der Waals surface area contributed by atoms with E-state index in [0.29, 0.717) is 6.04 Å². The molecule has 0 radical (unpaired) electrons. The van der Waals surface area contributed by atoms with Crippen molar-refractivity contribution in [3.8, 4) is 0 Å². The monoisotopic (exact) mass is 185 g/mol. The van der Waals surface area contributed by atoms with Gasteiger partial charge in [0.2, 0.25) is 0 Å². The van der Waals surface area contributed by atoms with Gasteiger partial charge in [-0.3, -0.25) is 0 Å². The van der Waals surface area contributed by atoms with Gasteiger partial charge in [0.05, 0.1) is 6.61 Å². The zero-order valence-electron chi connectivity index (χ0n) is 9.23. The summed E-state index contributed by atoms with van der Waals surface area (Å²) in [5.41, 5.74) is 1.25. The number of rotatable bonds is 8. The Balaban J connectivity index is 3.45. The van der Waals surface area contributed by atoms with Crippen molar-refractivity contribution in [1.29, 1.82) is 0 Å². The quantitative estimate of drug-likeness (QED) is 0.463. The van der Waals surface area contributed by atoms with Crippen molar-refractivity contribution in [2.45, 2.75) is 39.2 Å². The molecule has 0 aromatic rings. The first-order valence-corrected chi connectivity index (χ1v) is 5.10. The van der Waals surface area contributed by atoms with Crippen molar-refractivity contribution in [2.24, 2.45) is 0 Å². The molecule has 0 saturated carbocycles. The lowest BCUT2D eigenvalue weighted by molar-refractivity contribution is 0.111. The van der Waals surface area contributed by atoms with Gasteiger partial charge in [0.1, 0.15) is 0 Å². The SMILES string of the molecule is C=C(C)CCC(COCCC)NC. The molecule has 0 aliphatic heterocycles. The molecule has 1 unspecified atom stereocenters. The van der Waals surface area contributed by atoms with Gasteiger partial charge in [-0.25, -0.2) is 0 Å². The molecule has 0 aromatic carbocycles. The summed E-state index contributed by atoms with van der Waals surface area (Å²) in [5.74, 6) is 0. The molecular formula is C11H23NO. The highest BCUT2D eigenvalue weighted by Gasteiger charge is 2.04. The minimum atomic E-state index is 0.475. The largest absolute Gasteiger partial charge is 0.380 e. The molecular weight excluding hydrogens is 162 g/mol. The normalized spacial score (nSPS) is 12.8. The van der Waals surface area contributed by atoms with Gasteiger partial charge in [0.15, 0.2) is 0 Å². The molecule has 0 aliphatic rings. The topological polar surface area (TPSA) is 21.3 Å². The first kappa shape index (κ1) is 12.7. The molecule has 2 heteroatoms. The fraction of sp³-hybridized carbons (Fsp3) is 0.818. The predicted octanol–water partition coefficient (Wildman–Crippen LogP) is 2.36. The Morgan fingerprint density at radius 2 is 2.23 bits per heavy atom. The van der Waals surface area contributed by atoms with Crippen molar-refractivity contribution >= 4 is 0 Å². The van der Waals surface area contributed by atoms with E-state index in [1.165, 1.54) is 5.57 Å². The highest BCUT2D eigenvalue weighted by Crippen LogP contribution is 2.04. The predicted molar refractivity (Wildman–Crippen MR) is 58.0 cm³/mol. The van der Waals surface area contributed by atoms with E-state index in [2.05, 4.69) is 25.7 Å². The maximum absolute atomic E-state index is 5.48. The van der Waals surface area contributed by atoms with Crippen LogP contribution in [0.2, 0.25) is 0 Å². The molecule has 0 aliphatic carbocycles. The summed E-state index contributed by atoms with van der Waals surface area (Å²) in [4.78, 5) is 0. The molecule has 0 heterocycles. The van der Waals surface area contributed by atoms with Crippen LogP contribution in [0.3, 0.4) is 0 Å². The van der Waals surface area contributed by atoms with Crippen LogP contribution in [0.4, 0.5) is 0 Å². The molecule has 78 valence electrons. The number of hydrogen-bond acceptors (Lipinski definition) is 2. The van der Waals surface area contributed by atoms with E-state index in [4.69, 9.17) is 4.74 Å². The Bertz CT molecular complexity index is 134. The van der Waals surface area contributed by atoms with Gasteiger partial charge in [-0.15, -0.1) is 6.58 Å². The van der Waals surface area contributed by atoms with Crippen LogP contribution in [0.1, 0.15) is 33.1 Å². The number of nitrogens with one attached hydrogen (secondary N) is 1. The zero-order valence-corrected chi connectivity index (χ0v) is 9.23. The minimum Gasteiger partial charge on any atom is -0.380 e. The van der Waals surface area contributed by atoms with Crippen molar-refractivity contribution in [1.82, 2.24) is 5.32 Å². The standard InChI is InChI=1S/C11H23NO/c1-5-8-13-9-11(12-4)7-6-10(2)3/h11-12H,2,5-9H2,1,3-4H3. The van der Waals surface area contributed by atoms with E-state index >= 15 is 0 Å². The van der Waals surface area contributed by atoms with Crippen LogP contribution in [0.5, 0.6) is 0 Å². The second-order valence-electron chi connectivity index (χ2n) is 3.56. The molecule has 0 saturated heterocycles. The van der Waals surface area contributed by atoms with Crippen LogP contribution in [-0.4, -0.2) is 26.3 Å². The highest BCUT2D eigenvalue weighted by molar-refractivity contribution is 4.89. The Labute approximate surface area is 82.4 Å². The van der Waals surface area contributed by atoms with Crippen LogP contribution in [0.25, 0.3) is 0 Å². The maximum Gasteiger partial charge on any atom is 0.0619 e. The van der Waals surface area contributed by atoms with Crippen LogP contribution < -0.4 is 5.32 Å². The summed E-state index contributed by atoms with van der Waals surface area (Å²) in [7, 11) is 1.98. The Hall–Kier alpha value is -0.340. The van der Waals surface area contributed by atoms with E-state index < -0.39 is 0 Å². The van der Waals surface area contributed by atoms with Gasteiger partial charge in [0.25, 0.3) is 0 Å². The number of ether oxygens (including phenoxy) is 1. The lowest BCUT2D eigenvalue weighted by Crippen LogP contribution is -2.30. The average molecular weight is 185 g/mol. The molecule has 0 fully saturated rings. The summed E-state index contributed by atoms with van der Waals surface area (Å²) in [5, 5.41) is 3.25. The van der Waals surface area contributed by atoms with Gasteiger partial charge in [-0.05, 0) is 33.2 Å². The molecule has 1 atom stereocenters. The van der Waals surface area contributed by atoms with Gasteiger partial charge in [-0.1, -0.05) is 12.5 Å². The third-order valence-corrected chi connectivity index (χ3v) is 2.00. The molecule has 2 nitrogen and oxygen atoms in total. The zero-order chi connectivity index (χ0) is 10.1. The molecule has 0 amide bonds. The Kier molecular flexibility index (Phi) is 8.05. The van der Waals surface area contributed by atoms with Crippen LogP contribution >= 0.6 is 0 Å². The van der Waals surface area contributed by atoms with E-state index in [1.807, 2.05) is 7.05 Å². The van der Waals surface area contributed by atoms with Gasteiger partial charge < -0.3 is 10.1 Å². The Morgan fingerprint density at radius 3 is 2.69 bits per heavy atom.